The van der Waals surface area contributed by atoms with Gasteiger partial charge in [0.25, 0.3) is 5.91 Å². The molecule has 0 bridgehead atoms. The minimum atomic E-state index is -0.947. The van der Waals surface area contributed by atoms with E-state index in [-0.39, 0.29) is 40.2 Å². The van der Waals surface area contributed by atoms with Crippen molar-refractivity contribution in [1.29, 1.82) is 0 Å². The van der Waals surface area contributed by atoms with Gasteiger partial charge in [-0.2, -0.15) is 0 Å². The van der Waals surface area contributed by atoms with Crippen LogP contribution in [0.25, 0.3) is 0 Å². The van der Waals surface area contributed by atoms with Crippen LogP contribution in [0.3, 0.4) is 0 Å². The van der Waals surface area contributed by atoms with Gasteiger partial charge in [-0.3, -0.25) is 9.59 Å². The summed E-state index contributed by atoms with van der Waals surface area (Å²) in [5, 5.41) is 5.52. The first-order valence-corrected chi connectivity index (χ1v) is 8.31. The number of nitrogens with one attached hydrogen (secondary N) is 2. The Bertz CT molecular complexity index is 824. The molecule has 2 aromatic carbocycles. The number of nitrogen functional groups attached to an aromatic ring is 1. The van der Waals surface area contributed by atoms with Crippen molar-refractivity contribution in [3.8, 4) is 0 Å². The normalized spacial score (nSPS) is 10.5. The number of benzene rings is 2. The van der Waals surface area contributed by atoms with Crippen LogP contribution >= 0.6 is 23.2 Å². The largest absolute Gasteiger partial charge is 0.396 e. The zero-order valence-corrected chi connectivity index (χ0v) is 14.9. The summed E-state index contributed by atoms with van der Waals surface area (Å²) >= 11 is 11.8. The third-order valence-electron chi connectivity index (χ3n) is 3.40. The lowest BCUT2D eigenvalue weighted by Crippen LogP contribution is -2.26. The molecule has 138 valence electrons. The van der Waals surface area contributed by atoms with Gasteiger partial charge in [-0.25, -0.2) is 8.78 Å². The van der Waals surface area contributed by atoms with E-state index in [1.54, 1.807) is 0 Å². The van der Waals surface area contributed by atoms with Crippen molar-refractivity contribution in [2.75, 3.05) is 17.6 Å². The van der Waals surface area contributed by atoms with E-state index < -0.39 is 17.5 Å². The molecule has 9 heteroatoms. The maximum Gasteiger partial charge on any atom is 0.254 e. The van der Waals surface area contributed by atoms with Crippen LogP contribution in [0.2, 0.25) is 10.0 Å². The summed E-state index contributed by atoms with van der Waals surface area (Å²) in [6.07, 6.45) is 0.419. The molecule has 26 heavy (non-hydrogen) atoms. The van der Waals surface area contributed by atoms with Gasteiger partial charge in [0, 0.05) is 24.7 Å². The second kappa shape index (κ2) is 8.82. The fraction of sp³-hybridized carbons (Fsp3) is 0.176. The molecule has 0 aliphatic carbocycles. The molecule has 0 unspecified atom stereocenters. The van der Waals surface area contributed by atoms with E-state index in [1.807, 2.05) is 0 Å². The predicted octanol–water partition coefficient (Wildman–Crippen LogP) is 4.00. The minimum Gasteiger partial charge on any atom is -0.396 e. The summed E-state index contributed by atoms with van der Waals surface area (Å²) in [5.41, 5.74) is 5.97. The second-order valence-electron chi connectivity index (χ2n) is 5.39. The number of amides is 2. The molecule has 4 N–H and O–H groups in total. The number of carbonyl (C=O) groups excluding carboxylic acids is 2. The van der Waals surface area contributed by atoms with Crippen molar-refractivity contribution in [1.82, 2.24) is 5.32 Å². The standard InChI is InChI=1S/C17H15Cl2F2N3O2/c18-12-7-10(8-13(19)16(12)22)24-15(25)2-1-5-23-17(26)11-4-3-9(20)6-14(11)21/h3-4,6-8H,1-2,5,22H2,(H,23,26)(H,24,25). The van der Waals surface area contributed by atoms with Gasteiger partial charge in [-0.1, -0.05) is 23.2 Å². The summed E-state index contributed by atoms with van der Waals surface area (Å²) in [7, 11) is 0. The molecule has 2 amide bonds. The molecule has 2 aromatic rings. The molecule has 0 spiro atoms. The molecule has 2 rings (SSSR count). The predicted molar refractivity (Wildman–Crippen MR) is 97.4 cm³/mol. The van der Waals surface area contributed by atoms with Crippen molar-refractivity contribution in [3.05, 3.63) is 57.6 Å². The number of anilines is 2. The van der Waals surface area contributed by atoms with Gasteiger partial charge < -0.3 is 16.4 Å². The monoisotopic (exact) mass is 401 g/mol. The molecule has 0 aliphatic rings. The van der Waals surface area contributed by atoms with Crippen LogP contribution in [-0.4, -0.2) is 18.4 Å². The molecule has 0 saturated heterocycles. The lowest BCUT2D eigenvalue weighted by Gasteiger charge is -2.09. The van der Waals surface area contributed by atoms with Crippen LogP contribution in [0.1, 0.15) is 23.2 Å². The summed E-state index contributed by atoms with van der Waals surface area (Å²) in [4.78, 5) is 23.7. The Kier molecular flexibility index (Phi) is 6.76. The van der Waals surface area contributed by atoms with E-state index in [4.69, 9.17) is 28.9 Å². The zero-order chi connectivity index (χ0) is 19.3. The van der Waals surface area contributed by atoms with Crippen molar-refractivity contribution < 1.29 is 18.4 Å². The quantitative estimate of drug-likeness (QED) is 0.505. The number of hydrogen-bond donors (Lipinski definition) is 3. The van der Waals surface area contributed by atoms with Crippen LogP contribution < -0.4 is 16.4 Å². The molecule has 0 aromatic heterocycles. The number of carbonyl (C=O) groups is 2. The van der Waals surface area contributed by atoms with Gasteiger partial charge in [0.1, 0.15) is 11.6 Å². The molecule has 0 saturated carbocycles. The Morgan fingerprint density at radius 2 is 1.73 bits per heavy atom. The van der Waals surface area contributed by atoms with Crippen molar-refractivity contribution in [3.63, 3.8) is 0 Å². The molecule has 0 heterocycles. The van der Waals surface area contributed by atoms with Gasteiger partial charge >= 0.3 is 0 Å². The number of rotatable bonds is 6. The van der Waals surface area contributed by atoms with Crippen LogP contribution in [0.15, 0.2) is 30.3 Å². The second-order valence-corrected chi connectivity index (χ2v) is 6.20. The Balaban J connectivity index is 1.79. The zero-order valence-electron chi connectivity index (χ0n) is 13.4. The van der Waals surface area contributed by atoms with E-state index in [0.717, 1.165) is 12.1 Å². The Hall–Kier alpha value is -2.38. The van der Waals surface area contributed by atoms with Crippen LogP contribution in [0.5, 0.6) is 0 Å². The van der Waals surface area contributed by atoms with Crippen LogP contribution in [0, 0.1) is 11.6 Å². The maximum atomic E-state index is 13.5. The van der Waals surface area contributed by atoms with Gasteiger partial charge in [0.2, 0.25) is 5.91 Å². The molecule has 0 atom stereocenters. The number of hydrogen-bond acceptors (Lipinski definition) is 3. The molecule has 0 fully saturated rings. The molecule has 0 aliphatic heterocycles. The van der Waals surface area contributed by atoms with E-state index >= 15 is 0 Å². The summed E-state index contributed by atoms with van der Waals surface area (Å²) in [5.74, 6) is -2.71. The maximum absolute atomic E-state index is 13.5. The van der Waals surface area contributed by atoms with Crippen molar-refractivity contribution in [2.45, 2.75) is 12.8 Å². The molecular formula is C17H15Cl2F2N3O2. The Labute approximate surface area is 158 Å². The average Bonchev–Trinajstić information content (AvgIpc) is 2.56. The highest BCUT2D eigenvalue weighted by Crippen LogP contribution is 2.31. The average molecular weight is 402 g/mol. The number of nitrogens with two attached hydrogens (primary N) is 1. The van der Waals surface area contributed by atoms with E-state index in [0.29, 0.717) is 18.2 Å². The van der Waals surface area contributed by atoms with Crippen LogP contribution in [0.4, 0.5) is 20.2 Å². The first kappa shape index (κ1) is 19.9. The smallest absolute Gasteiger partial charge is 0.254 e. The summed E-state index contributed by atoms with van der Waals surface area (Å²) in [6, 6.07) is 5.63. The number of halogens is 4. The van der Waals surface area contributed by atoms with E-state index in [1.165, 1.54) is 12.1 Å². The van der Waals surface area contributed by atoms with Gasteiger partial charge in [-0.05, 0) is 30.7 Å². The first-order chi connectivity index (χ1) is 12.3. The third-order valence-corrected chi connectivity index (χ3v) is 4.03. The van der Waals surface area contributed by atoms with E-state index in [2.05, 4.69) is 10.6 Å². The summed E-state index contributed by atoms with van der Waals surface area (Å²) < 4.78 is 26.3. The Morgan fingerprint density at radius 1 is 1.08 bits per heavy atom. The highest BCUT2D eigenvalue weighted by atomic mass is 35.5. The highest BCUT2D eigenvalue weighted by Gasteiger charge is 2.12. The Morgan fingerprint density at radius 3 is 2.35 bits per heavy atom. The van der Waals surface area contributed by atoms with Crippen LogP contribution in [-0.2, 0) is 4.79 Å². The lowest BCUT2D eigenvalue weighted by atomic mass is 10.2. The van der Waals surface area contributed by atoms with Crippen molar-refractivity contribution in [2.24, 2.45) is 0 Å². The topological polar surface area (TPSA) is 84.2 Å². The first-order valence-electron chi connectivity index (χ1n) is 7.55. The lowest BCUT2D eigenvalue weighted by molar-refractivity contribution is -0.116. The fourth-order valence-corrected chi connectivity index (χ4v) is 2.59. The highest BCUT2D eigenvalue weighted by molar-refractivity contribution is 6.39. The fourth-order valence-electron chi connectivity index (χ4n) is 2.10. The van der Waals surface area contributed by atoms with E-state index in [9.17, 15) is 18.4 Å². The van der Waals surface area contributed by atoms with Gasteiger partial charge in [-0.15, -0.1) is 0 Å². The van der Waals surface area contributed by atoms with Gasteiger partial charge in [0.05, 0.1) is 21.3 Å². The molecular weight excluding hydrogens is 387 g/mol. The third kappa shape index (κ3) is 5.31. The van der Waals surface area contributed by atoms with Gasteiger partial charge in [0.15, 0.2) is 0 Å². The molecule has 5 nitrogen and oxygen atoms in total. The van der Waals surface area contributed by atoms with Crippen molar-refractivity contribution >= 4 is 46.4 Å². The molecule has 0 radical (unpaired) electrons. The minimum absolute atomic E-state index is 0.103. The SMILES string of the molecule is Nc1c(Cl)cc(NC(=O)CCCNC(=O)c2ccc(F)cc2F)cc1Cl. The summed E-state index contributed by atoms with van der Waals surface area (Å²) in [6.45, 7) is 0.145.